The first kappa shape index (κ1) is 14.3. The second-order valence-electron chi connectivity index (χ2n) is 4.93. The summed E-state index contributed by atoms with van der Waals surface area (Å²) >= 11 is 3.39. The van der Waals surface area contributed by atoms with Crippen molar-refractivity contribution in [2.45, 2.75) is 38.9 Å². The molecule has 0 bridgehead atoms. The van der Waals surface area contributed by atoms with Gasteiger partial charge in [-0.1, -0.05) is 29.8 Å². The molecule has 1 saturated carbocycles. The molecule has 0 aromatic carbocycles. The predicted molar refractivity (Wildman–Crippen MR) is 62.8 cm³/mol. The third-order valence-corrected chi connectivity index (χ3v) is 3.89. The molecule has 0 N–H and O–H groups in total. The van der Waals surface area contributed by atoms with Crippen LogP contribution in [-0.4, -0.2) is 35.5 Å². The fourth-order valence-corrected chi connectivity index (χ4v) is 2.70. The van der Waals surface area contributed by atoms with Crippen molar-refractivity contribution >= 4 is 15.9 Å². The molecule has 1 aliphatic carbocycles. The third-order valence-electron chi connectivity index (χ3n) is 3.06. The maximum Gasteiger partial charge on any atom is 0.401 e. The standard InChI is InChI=1S/C11H19BrF3N/c1-8(2)9(5-12)6-16(10-3-4-10)7-11(13,14)15/h8-10H,3-7H2,1-2H3. The van der Waals surface area contributed by atoms with Gasteiger partial charge in [0.25, 0.3) is 0 Å². The maximum atomic E-state index is 12.4. The molecule has 0 amide bonds. The van der Waals surface area contributed by atoms with Crippen molar-refractivity contribution < 1.29 is 13.2 Å². The Bertz CT molecular complexity index is 214. The van der Waals surface area contributed by atoms with Crippen molar-refractivity contribution in [2.24, 2.45) is 11.8 Å². The molecule has 5 heteroatoms. The van der Waals surface area contributed by atoms with Gasteiger partial charge in [-0.25, -0.2) is 0 Å². The SMILES string of the molecule is CC(C)C(CBr)CN(CC(F)(F)F)C1CC1. The van der Waals surface area contributed by atoms with Crippen LogP contribution in [0.1, 0.15) is 26.7 Å². The minimum absolute atomic E-state index is 0.168. The summed E-state index contributed by atoms with van der Waals surface area (Å²) in [5.41, 5.74) is 0. The van der Waals surface area contributed by atoms with E-state index in [2.05, 4.69) is 29.8 Å². The highest BCUT2D eigenvalue weighted by molar-refractivity contribution is 9.09. The molecule has 16 heavy (non-hydrogen) atoms. The van der Waals surface area contributed by atoms with E-state index >= 15 is 0 Å². The van der Waals surface area contributed by atoms with Gasteiger partial charge in [-0.2, -0.15) is 13.2 Å². The summed E-state index contributed by atoms with van der Waals surface area (Å²) in [4.78, 5) is 1.60. The second kappa shape index (κ2) is 5.71. The summed E-state index contributed by atoms with van der Waals surface area (Å²) in [6.07, 6.45) is -2.23. The van der Waals surface area contributed by atoms with Crippen molar-refractivity contribution in [2.75, 3.05) is 18.4 Å². The first-order valence-corrected chi connectivity index (χ1v) is 6.82. The van der Waals surface area contributed by atoms with E-state index in [-0.39, 0.29) is 6.04 Å². The normalized spacial score (nSPS) is 19.5. The molecule has 1 aliphatic rings. The lowest BCUT2D eigenvalue weighted by Gasteiger charge is -2.29. The molecule has 0 radical (unpaired) electrons. The Morgan fingerprint density at radius 3 is 2.19 bits per heavy atom. The van der Waals surface area contributed by atoms with Gasteiger partial charge in [0.1, 0.15) is 0 Å². The van der Waals surface area contributed by atoms with Crippen LogP contribution in [0.4, 0.5) is 13.2 Å². The zero-order valence-electron chi connectivity index (χ0n) is 9.73. The van der Waals surface area contributed by atoms with Gasteiger partial charge in [0.2, 0.25) is 0 Å². The molecule has 96 valence electrons. The van der Waals surface area contributed by atoms with Gasteiger partial charge >= 0.3 is 6.18 Å². The molecule has 1 rings (SSSR count). The lowest BCUT2D eigenvalue weighted by molar-refractivity contribution is -0.148. The maximum absolute atomic E-state index is 12.4. The zero-order valence-corrected chi connectivity index (χ0v) is 11.3. The number of rotatable bonds is 6. The van der Waals surface area contributed by atoms with Crippen LogP contribution in [0.15, 0.2) is 0 Å². The first-order valence-electron chi connectivity index (χ1n) is 5.70. The van der Waals surface area contributed by atoms with Gasteiger partial charge in [-0.05, 0) is 24.7 Å². The lowest BCUT2D eigenvalue weighted by atomic mass is 9.97. The molecule has 0 aliphatic heterocycles. The summed E-state index contributed by atoms with van der Waals surface area (Å²) in [6.45, 7) is 3.91. The fourth-order valence-electron chi connectivity index (χ4n) is 1.75. The van der Waals surface area contributed by atoms with Gasteiger partial charge in [0, 0.05) is 17.9 Å². The molecule has 0 heterocycles. The van der Waals surface area contributed by atoms with E-state index in [4.69, 9.17) is 0 Å². The van der Waals surface area contributed by atoms with E-state index in [0.717, 1.165) is 18.2 Å². The molecule has 1 fully saturated rings. The second-order valence-corrected chi connectivity index (χ2v) is 5.58. The average molecular weight is 302 g/mol. The van der Waals surface area contributed by atoms with E-state index in [1.165, 1.54) is 0 Å². The van der Waals surface area contributed by atoms with Gasteiger partial charge in [0.05, 0.1) is 6.54 Å². The van der Waals surface area contributed by atoms with Crippen LogP contribution in [0.25, 0.3) is 0 Å². The molecule has 0 aromatic heterocycles. The van der Waals surface area contributed by atoms with E-state index in [9.17, 15) is 13.2 Å². The van der Waals surface area contributed by atoms with Crippen molar-refractivity contribution in [1.82, 2.24) is 4.90 Å². The van der Waals surface area contributed by atoms with Crippen molar-refractivity contribution in [3.63, 3.8) is 0 Å². The van der Waals surface area contributed by atoms with Crippen LogP contribution in [0, 0.1) is 11.8 Å². The average Bonchev–Trinajstić information content (AvgIpc) is 2.92. The first-order chi connectivity index (χ1) is 7.33. The topological polar surface area (TPSA) is 3.24 Å². The number of nitrogens with zero attached hydrogens (tertiary/aromatic N) is 1. The van der Waals surface area contributed by atoms with Crippen LogP contribution in [0.3, 0.4) is 0 Å². The number of hydrogen-bond acceptors (Lipinski definition) is 1. The predicted octanol–water partition coefficient (Wildman–Crippen LogP) is 3.68. The van der Waals surface area contributed by atoms with E-state index < -0.39 is 12.7 Å². The molecular formula is C11H19BrF3N. The Morgan fingerprint density at radius 1 is 1.31 bits per heavy atom. The minimum atomic E-state index is -4.07. The Morgan fingerprint density at radius 2 is 1.88 bits per heavy atom. The zero-order chi connectivity index (χ0) is 12.3. The largest absolute Gasteiger partial charge is 0.401 e. The van der Waals surface area contributed by atoms with Crippen molar-refractivity contribution in [3.05, 3.63) is 0 Å². The van der Waals surface area contributed by atoms with Crippen LogP contribution in [0.2, 0.25) is 0 Å². The highest BCUT2D eigenvalue weighted by Crippen LogP contribution is 2.31. The fraction of sp³-hybridized carbons (Fsp3) is 1.00. The lowest BCUT2D eigenvalue weighted by Crippen LogP contribution is -2.40. The van der Waals surface area contributed by atoms with E-state index in [1.807, 2.05) is 0 Å². The molecule has 0 spiro atoms. The number of halogens is 4. The van der Waals surface area contributed by atoms with Gasteiger partial charge in [0.15, 0.2) is 0 Å². The van der Waals surface area contributed by atoms with Crippen molar-refractivity contribution in [1.29, 1.82) is 0 Å². The summed E-state index contributed by atoms with van der Waals surface area (Å²) in [7, 11) is 0. The van der Waals surface area contributed by atoms with E-state index in [1.54, 1.807) is 4.90 Å². The molecule has 0 aromatic rings. The molecular weight excluding hydrogens is 283 g/mol. The summed E-state index contributed by atoms with van der Waals surface area (Å²) < 4.78 is 37.2. The van der Waals surface area contributed by atoms with Gasteiger partial charge in [-0.3, -0.25) is 4.90 Å². The van der Waals surface area contributed by atoms with Crippen LogP contribution in [0.5, 0.6) is 0 Å². The Kier molecular flexibility index (Phi) is 5.10. The van der Waals surface area contributed by atoms with E-state index in [0.29, 0.717) is 18.4 Å². The summed E-state index contributed by atoms with van der Waals surface area (Å²) in [5.74, 6) is 0.705. The number of hydrogen-bond donors (Lipinski definition) is 0. The highest BCUT2D eigenvalue weighted by atomic mass is 79.9. The quantitative estimate of drug-likeness (QED) is 0.677. The van der Waals surface area contributed by atoms with Crippen LogP contribution in [-0.2, 0) is 0 Å². The number of alkyl halides is 4. The Hall–Kier alpha value is 0.230. The summed E-state index contributed by atoms with van der Waals surface area (Å²) in [5, 5.41) is 0.770. The summed E-state index contributed by atoms with van der Waals surface area (Å²) in [6, 6.07) is 0.168. The van der Waals surface area contributed by atoms with Gasteiger partial charge in [-0.15, -0.1) is 0 Å². The molecule has 1 atom stereocenters. The minimum Gasteiger partial charge on any atom is -0.292 e. The molecule has 0 saturated heterocycles. The Balaban J connectivity index is 2.50. The highest BCUT2D eigenvalue weighted by Gasteiger charge is 2.38. The molecule has 1 unspecified atom stereocenters. The van der Waals surface area contributed by atoms with Crippen molar-refractivity contribution in [3.8, 4) is 0 Å². The third kappa shape index (κ3) is 5.04. The molecule has 1 nitrogen and oxygen atoms in total. The smallest absolute Gasteiger partial charge is 0.292 e. The monoisotopic (exact) mass is 301 g/mol. The van der Waals surface area contributed by atoms with Gasteiger partial charge < -0.3 is 0 Å². The Labute approximate surface area is 104 Å². The van der Waals surface area contributed by atoms with Crippen LogP contribution < -0.4 is 0 Å². The van der Waals surface area contributed by atoms with Crippen LogP contribution >= 0.6 is 15.9 Å².